The highest BCUT2D eigenvalue weighted by Crippen LogP contribution is 2.23. The van der Waals surface area contributed by atoms with Gasteiger partial charge in [0.25, 0.3) is 0 Å². The largest absolute Gasteiger partial charge is 0.301 e. The van der Waals surface area contributed by atoms with Crippen LogP contribution in [0, 0.1) is 26.7 Å². The molecule has 1 unspecified atom stereocenters. The lowest BCUT2D eigenvalue weighted by Crippen LogP contribution is -2.23. The molecule has 0 bridgehead atoms. The van der Waals surface area contributed by atoms with Crippen LogP contribution in [0.25, 0.3) is 0 Å². The standard InChI is InChI=1S/C15H25NO/c1-10(2)9-17-16-14(6)15-12(4)7-11(3)8-13(15)5/h7-8,10,14,16H,9H2,1-6H3. The molecule has 2 nitrogen and oxygen atoms in total. The molecule has 1 N–H and O–H groups in total. The van der Waals surface area contributed by atoms with Gasteiger partial charge in [-0.25, -0.2) is 0 Å². The summed E-state index contributed by atoms with van der Waals surface area (Å²) in [5.74, 6) is 0.551. The van der Waals surface area contributed by atoms with Crippen molar-refractivity contribution in [2.24, 2.45) is 5.92 Å². The van der Waals surface area contributed by atoms with Crippen molar-refractivity contribution in [1.82, 2.24) is 5.48 Å². The summed E-state index contributed by atoms with van der Waals surface area (Å²) in [5, 5.41) is 0. The fourth-order valence-electron chi connectivity index (χ4n) is 2.27. The highest BCUT2D eigenvalue weighted by Gasteiger charge is 2.11. The average molecular weight is 235 g/mol. The molecule has 1 rings (SSSR count). The molecule has 0 spiro atoms. The molecule has 1 aromatic rings. The Morgan fingerprint density at radius 2 is 1.59 bits per heavy atom. The van der Waals surface area contributed by atoms with E-state index in [1.807, 2.05) is 0 Å². The van der Waals surface area contributed by atoms with Gasteiger partial charge in [0.2, 0.25) is 0 Å². The first-order valence-electron chi connectivity index (χ1n) is 6.37. The topological polar surface area (TPSA) is 21.3 Å². The van der Waals surface area contributed by atoms with Gasteiger partial charge < -0.3 is 4.84 Å². The first-order chi connectivity index (χ1) is 7.91. The minimum absolute atomic E-state index is 0.231. The number of hydroxylamine groups is 1. The molecule has 0 radical (unpaired) electrons. The van der Waals surface area contributed by atoms with Crippen LogP contribution >= 0.6 is 0 Å². The third kappa shape index (κ3) is 4.14. The zero-order valence-electron chi connectivity index (χ0n) is 11.9. The van der Waals surface area contributed by atoms with Gasteiger partial charge in [0, 0.05) is 0 Å². The number of nitrogens with one attached hydrogen (secondary N) is 1. The van der Waals surface area contributed by atoms with Crippen LogP contribution < -0.4 is 5.48 Å². The van der Waals surface area contributed by atoms with Crippen LogP contribution in [-0.2, 0) is 4.84 Å². The van der Waals surface area contributed by atoms with Gasteiger partial charge in [-0.15, -0.1) is 0 Å². The Hall–Kier alpha value is -0.860. The van der Waals surface area contributed by atoms with E-state index in [4.69, 9.17) is 4.84 Å². The van der Waals surface area contributed by atoms with Crippen LogP contribution in [0.3, 0.4) is 0 Å². The van der Waals surface area contributed by atoms with Crippen molar-refractivity contribution in [3.63, 3.8) is 0 Å². The number of rotatable bonds is 5. The second-order valence-electron chi connectivity index (χ2n) is 5.36. The van der Waals surface area contributed by atoms with E-state index in [0.29, 0.717) is 5.92 Å². The van der Waals surface area contributed by atoms with E-state index in [0.717, 1.165) is 6.61 Å². The molecule has 2 heteroatoms. The molecule has 0 aliphatic rings. The van der Waals surface area contributed by atoms with E-state index < -0.39 is 0 Å². The quantitative estimate of drug-likeness (QED) is 0.783. The summed E-state index contributed by atoms with van der Waals surface area (Å²) in [6, 6.07) is 4.68. The Morgan fingerprint density at radius 3 is 2.06 bits per heavy atom. The lowest BCUT2D eigenvalue weighted by Gasteiger charge is -2.20. The third-order valence-corrected chi connectivity index (χ3v) is 2.85. The summed E-state index contributed by atoms with van der Waals surface area (Å²) < 4.78 is 0. The van der Waals surface area contributed by atoms with Crippen molar-refractivity contribution in [2.45, 2.75) is 47.6 Å². The molecule has 1 atom stereocenters. The molecule has 0 fully saturated rings. The molecule has 0 aliphatic heterocycles. The molecule has 96 valence electrons. The SMILES string of the molecule is Cc1cc(C)c(C(C)NOCC(C)C)c(C)c1. The monoisotopic (exact) mass is 235 g/mol. The summed E-state index contributed by atoms with van der Waals surface area (Å²) in [4.78, 5) is 5.50. The number of hydrogen-bond acceptors (Lipinski definition) is 2. The van der Waals surface area contributed by atoms with Crippen molar-refractivity contribution in [3.8, 4) is 0 Å². The molecule has 0 saturated heterocycles. The summed E-state index contributed by atoms with van der Waals surface area (Å²) in [6.07, 6.45) is 0. The fraction of sp³-hybridized carbons (Fsp3) is 0.600. The molecule has 0 saturated carbocycles. The third-order valence-electron chi connectivity index (χ3n) is 2.85. The average Bonchev–Trinajstić information content (AvgIpc) is 2.14. The number of hydrogen-bond donors (Lipinski definition) is 1. The Labute approximate surface area is 105 Å². The van der Waals surface area contributed by atoms with Crippen LogP contribution in [0.1, 0.15) is 49.1 Å². The predicted molar refractivity (Wildman–Crippen MR) is 73.0 cm³/mol. The van der Waals surface area contributed by atoms with Crippen LogP contribution in [0.5, 0.6) is 0 Å². The Bertz CT molecular complexity index is 348. The van der Waals surface area contributed by atoms with Crippen LogP contribution in [0.4, 0.5) is 0 Å². The molecular formula is C15H25NO. The van der Waals surface area contributed by atoms with Gasteiger partial charge >= 0.3 is 0 Å². The summed E-state index contributed by atoms with van der Waals surface area (Å²) in [5.41, 5.74) is 8.46. The summed E-state index contributed by atoms with van der Waals surface area (Å²) in [6.45, 7) is 13.6. The smallest absolute Gasteiger partial charge is 0.0705 e. The van der Waals surface area contributed by atoms with E-state index in [9.17, 15) is 0 Å². The maximum absolute atomic E-state index is 5.50. The molecule has 0 amide bonds. The van der Waals surface area contributed by atoms with Gasteiger partial charge in [-0.3, -0.25) is 0 Å². The maximum atomic E-state index is 5.50. The van der Waals surface area contributed by atoms with Gasteiger partial charge in [-0.1, -0.05) is 31.5 Å². The first-order valence-corrected chi connectivity index (χ1v) is 6.37. The van der Waals surface area contributed by atoms with E-state index in [1.165, 1.54) is 22.3 Å². The Morgan fingerprint density at radius 1 is 1.06 bits per heavy atom. The highest BCUT2D eigenvalue weighted by atomic mass is 16.6. The zero-order valence-corrected chi connectivity index (χ0v) is 11.9. The second-order valence-corrected chi connectivity index (χ2v) is 5.36. The highest BCUT2D eigenvalue weighted by molar-refractivity contribution is 5.39. The van der Waals surface area contributed by atoms with Gasteiger partial charge in [-0.05, 0) is 50.3 Å². The van der Waals surface area contributed by atoms with Gasteiger partial charge in [0.1, 0.15) is 0 Å². The molecule has 1 aromatic carbocycles. The van der Waals surface area contributed by atoms with E-state index >= 15 is 0 Å². The predicted octanol–water partition coefficient (Wildman–Crippen LogP) is 3.85. The van der Waals surface area contributed by atoms with E-state index in [1.54, 1.807) is 0 Å². The van der Waals surface area contributed by atoms with Crippen molar-refractivity contribution in [3.05, 3.63) is 34.4 Å². The fourth-order valence-corrected chi connectivity index (χ4v) is 2.27. The minimum Gasteiger partial charge on any atom is -0.301 e. The number of aryl methyl sites for hydroxylation is 3. The van der Waals surface area contributed by atoms with Crippen molar-refractivity contribution >= 4 is 0 Å². The maximum Gasteiger partial charge on any atom is 0.0705 e. The first kappa shape index (κ1) is 14.2. The number of benzene rings is 1. The van der Waals surface area contributed by atoms with E-state index in [-0.39, 0.29) is 6.04 Å². The summed E-state index contributed by atoms with van der Waals surface area (Å²) >= 11 is 0. The Kier molecular flexibility index (Phi) is 5.16. The Balaban J connectivity index is 2.72. The molecule has 17 heavy (non-hydrogen) atoms. The van der Waals surface area contributed by atoms with Crippen LogP contribution in [0.15, 0.2) is 12.1 Å². The van der Waals surface area contributed by atoms with Crippen LogP contribution in [0.2, 0.25) is 0 Å². The van der Waals surface area contributed by atoms with Gasteiger partial charge in [0.15, 0.2) is 0 Å². The lowest BCUT2D eigenvalue weighted by atomic mass is 9.95. The van der Waals surface area contributed by atoms with Gasteiger partial charge in [-0.2, -0.15) is 5.48 Å². The van der Waals surface area contributed by atoms with Crippen molar-refractivity contribution in [1.29, 1.82) is 0 Å². The zero-order chi connectivity index (χ0) is 13.0. The lowest BCUT2D eigenvalue weighted by molar-refractivity contribution is 0.00386. The van der Waals surface area contributed by atoms with Crippen molar-refractivity contribution < 1.29 is 4.84 Å². The molecule has 0 aromatic heterocycles. The van der Waals surface area contributed by atoms with Crippen molar-refractivity contribution in [2.75, 3.05) is 6.61 Å². The summed E-state index contributed by atoms with van der Waals surface area (Å²) in [7, 11) is 0. The molecule has 0 heterocycles. The second kappa shape index (κ2) is 6.18. The van der Waals surface area contributed by atoms with Crippen LogP contribution in [-0.4, -0.2) is 6.61 Å². The van der Waals surface area contributed by atoms with Gasteiger partial charge in [0.05, 0.1) is 12.6 Å². The van der Waals surface area contributed by atoms with E-state index in [2.05, 4.69) is 59.2 Å². The molecular weight excluding hydrogens is 210 g/mol. The normalized spacial score (nSPS) is 13.1. The minimum atomic E-state index is 0.231. The molecule has 0 aliphatic carbocycles.